The minimum atomic E-state index is -0.316. The minimum Gasteiger partial charge on any atom is -0.468 e. The molecule has 4 rings (SSSR count). The van der Waals surface area contributed by atoms with E-state index in [0.29, 0.717) is 11.0 Å². The van der Waals surface area contributed by atoms with Gasteiger partial charge < -0.3 is 15.4 Å². The number of nitrogens with zero attached hydrogens (tertiary/aromatic N) is 3. The van der Waals surface area contributed by atoms with Crippen molar-refractivity contribution in [2.45, 2.75) is 24.9 Å². The normalized spacial score (nSPS) is 19.5. The fraction of sp³-hybridized carbons (Fsp3) is 0.440. The Kier molecular flexibility index (Phi) is 7.40. The smallest absolute Gasteiger partial charge is 0.327 e. The van der Waals surface area contributed by atoms with Gasteiger partial charge in [-0.2, -0.15) is 0 Å². The van der Waals surface area contributed by atoms with Crippen molar-refractivity contribution in [2.75, 3.05) is 51.3 Å². The van der Waals surface area contributed by atoms with E-state index in [9.17, 15) is 4.79 Å². The van der Waals surface area contributed by atoms with E-state index in [4.69, 9.17) is 22.7 Å². The summed E-state index contributed by atoms with van der Waals surface area (Å²) >= 11 is 5.05. The summed E-state index contributed by atoms with van der Waals surface area (Å²) in [6.45, 7) is 5.95. The minimum absolute atomic E-state index is 0.176. The van der Waals surface area contributed by atoms with E-state index in [1.165, 1.54) is 12.8 Å². The largest absolute Gasteiger partial charge is 0.468 e. The van der Waals surface area contributed by atoms with Gasteiger partial charge in [-0.3, -0.25) is 9.80 Å². The average molecular weight is 453 g/mol. The molecule has 2 aliphatic rings. The molecule has 0 aromatic heterocycles. The van der Waals surface area contributed by atoms with Crippen molar-refractivity contribution in [3.63, 3.8) is 0 Å². The van der Waals surface area contributed by atoms with E-state index in [2.05, 4.69) is 26.8 Å². The zero-order valence-corrected chi connectivity index (χ0v) is 19.5. The van der Waals surface area contributed by atoms with Crippen molar-refractivity contribution in [1.82, 2.24) is 9.80 Å². The predicted octanol–water partition coefficient (Wildman–Crippen LogP) is 2.82. The molecule has 2 heterocycles. The standard InChI is InChI=1S/C25H32N4O2S/c1-31-25(30)23(19-5-3-2-4-6-19)29-13-11-22(12-14-29)28-17-15-27(16-18-28)21-9-7-20(8-10-21)24(26)32/h2-10,22-23H,11-18H2,1H3,(H2,26,32). The van der Waals surface area contributed by atoms with Gasteiger partial charge in [0.15, 0.2) is 0 Å². The summed E-state index contributed by atoms with van der Waals surface area (Å²) in [5, 5.41) is 0. The molecule has 0 radical (unpaired) electrons. The molecule has 0 aliphatic carbocycles. The topological polar surface area (TPSA) is 62.0 Å². The highest BCUT2D eigenvalue weighted by Gasteiger charge is 2.34. The lowest BCUT2D eigenvalue weighted by molar-refractivity contribution is -0.148. The van der Waals surface area contributed by atoms with Gasteiger partial charge in [-0.1, -0.05) is 42.5 Å². The summed E-state index contributed by atoms with van der Waals surface area (Å²) in [4.78, 5) is 20.3. The maximum atomic E-state index is 12.5. The molecule has 2 saturated heterocycles. The van der Waals surface area contributed by atoms with Crippen molar-refractivity contribution in [3.05, 3.63) is 65.7 Å². The van der Waals surface area contributed by atoms with Crippen LogP contribution in [0.1, 0.15) is 30.0 Å². The molecule has 0 bridgehead atoms. The van der Waals surface area contributed by atoms with E-state index < -0.39 is 0 Å². The van der Waals surface area contributed by atoms with Gasteiger partial charge in [0.25, 0.3) is 0 Å². The molecule has 0 spiro atoms. The Labute approximate surface area is 195 Å². The van der Waals surface area contributed by atoms with Gasteiger partial charge in [-0.15, -0.1) is 0 Å². The van der Waals surface area contributed by atoms with Crippen molar-refractivity contribution in [2.24, 2.45) is 5.73 Å². The van der Waals surface area contributed by atoms with Crippen LogP contribution in [0.15, 0.2) is 54.6 Å². The number of piperazine rings is 1. The number of carbonyl (C=O) groups excluding carboxylic acids is 1. The highest BCUT2D eigenvalue weighted by molar-refractivity contribution is 7.80. The summed E-state index contributed by atoms with van der Waals surface area (Å²) < 4.78 is 5.13. The third kappa shape index (κ3) is 5.11. The maximum absolute atomic E-state index is 12.5. The molecule has 170 valence electrons. The van der Waals surface area contributed by atoms with Crippen LogP contribution in [-0.2, 0) is 9.53 Å². The monoisotopic (exact) mass is 452 g/mol. The Hall–Kier alpha value is -2.48. The van der Waals surface area contributed by atoms with Crippen LogP contribution in [0.2, 0.25) is 0 Å². The van der Waals surface area contributed by atoms with Crippen LogP contribution < -0.4 is 10.6 Å². The van der Waals surface area contributed by atoms with Crippen LogP contribution in [-0.4, -0.2) is 73.2 Å². The van der Waals surface area contributed by atoms with E-state index in [1.54, 1.807) is 0 Å². The molecule has 2 aromatic carbocycles. The molecule has 2 N–H and O–H groups in total. The average Bonchev–Trinajstić information content (AvgIpc) is 2.85. The van der Waals surface area contributed by atoms with E-state index in [-0.39, 0.29) is 12.0 Å². The SMILES string of the molecule is COC(=O)C(c1ccccc1)N1CCC(N2CCN(c3ccc(C(N)=S)cc3)CC2)CC1. The Bertz CT molecular complexity index is 905. The predicted molar refractivity (Wildman–Crippen MR) is 132 cm³/mol. The van der Waals surface area contributed by atoms with Crippen LogP contribution in [0.4, 0.5) is 5.69 Å². The van der Waals surface area contributed by atoms with Gasteiger partial charge in [0.1, 0.15) is 11.0 Å². The zero-order chi connectivity index (χ0) is 22.5. The summed E-state index contributed by atoms with van der Waals surface area (Å²) in [6.07, 6.45) is 2.14. The number of likely N-dealkylation sites (tertiary alicyclic amines) is 1. The molecule has 32 heavy (non-hydrogen) atoms. The molecule has 0 amide bonds. The van der Waals surface area contributed by atoms with Crippen LogP contribution in [0.25, 0.3) is 0 Å². The molecule has 6 nitrogen and oxygen atoms in total. The number of carbonyl (C=O) groups is 1. The Morgan fingerprint density at radius 3 is 2.16 bits per heavy atom. The van der Waals surface area contributed by atoms with Crippen LogP contribution in [0.5, 0.6) is 0 Å². The van der Waals surface area contributed by atoms with Crippen molar-refractivity contribution in [1.29, 1.82) is 0 Å². The lowest BCUT2D eigenvalue weighted by Gasteiger charge is -2.44. The number of anilines is 1. The van der Waals surface area contributed by atoms with E-state index in [1.807, 2.05) is 42.5 Å². The molecule has 2 aromatic rings. The highest BCUT2D eigenvalue weighted by atomic mass is 32.1. The number of hydrogen-bond donors (Lipinski definition) is 1. The lowest BCUT2D eigenvalue weighted by Crippen LogP contribution is -2.54. The number of rotatable bonds is 6. The van der Waals surface area contributed by atoms with Crippen molar-refractivity contribution >= 4 is 28.9 Å². The fourth-order valence-electron chi connectivity index (χ4n) is 4.93. The number of nitrogens with two attached hydrogens (primary N) is 1. The second-order valence-electron chi connectivity index (χ2n) is 8.54. The van der Waals surface area contributed by atoms with E-state index >= 15 is 0 Å². The number of benzene rings is 2. The highest BCUT2D eigenvalue weighted by Crippen LogP contribution is 2.28. The van der Waals surface area contributed by atoms with Crippen molar-refractivity contribution in [3.8, 4) is 0 Å². The van der Waals surface area contributed by atoms with Gasteiger partial charge in [0.05, 0.1) is 7.11 Å². The second kappa shape index (κ2) is 10.4. The quantitative estimate of drug-likeness (QED) is 0.534. The number of esters is 1. The first kappa shape index (κ1) is 22.7. The first-order valence-corrected chi connectivity index (χ1v) is 11.7. The molecule has 1 unspecified atom stereocenters. The Balaban J connectivity index is 1.31. The van der Waals surface area contributed by atoms with Crippen LogP contribution in [0, 0.1) is 0 Å². The Morgan fingerprint density at radius 1 is 0.969 bits per heavy atom. The van der Waals surface area contributed by atoms with Gasteiger partial charge >= 0.3 is 5.97 Å². The summed E-state index contributed by atoms with van der Waals surface area (Å²) in [5.41, 5.74) is 8.86. The molecular weight excluding hydrogens is 420 g/mol. The van der Waals surface area contributed by atoms with Crippen LogP contribution in [0.3, 0.4) is 0 Å². The number of ether oxygens (including phenoxy) is 1. The number of piperidine rings is 1. The van der Waals surface area contributed by atoms with Gasteiger partial charge in [0.2, 0.25) is 0 Å². The molecular formula is C25H32N4O2S. The second-order valence-corrected chi connectivity index (χ2v) is 8.98. The van der Waals surface area contributed by atoms with Gasteiger partial charge in [0, 0.05) is 56.6 Å². The molecule has 7 heteroatoms. The third-order valence-electron chi connectivity index (χ3n) is 6.75. The summed E-state index contributed by atoms with van der Waals surface area (Å²) in [5.74, 6) is -0.176. The molecule has 2 fully saturated rings. The summed E-state index contributed by atoms with van der Waals surface area (Å²) in [7, 11) is 1.47. The molecule has 0 saturated carbocycles. The third-order valence-corrected chi connectivity index (χ3v) is 6.99. The van der Waals surface area contributed by atoms with E-state index in [0.717, 1.165) is 63.2 Å². The molecule has 1 atom stereocenters. The zero-order valence-electron chi connectivity index (χ0n) is 18.7. The maximum Gasteiger partial charge on any atom is 0.327 e. The molecule has 2 aliphatic heterocycles. The number of methoxy groups -OCH3 is 1. The van der Waals surface area contributed by atoms with Crippen LogP contribution >= 0.6 is 12.2 Å². The number of thiocarbonyl (C=S) groups is 1. The van der Waals surface area contributed by atoms with Gasteiger partial charge in [-0.25, -0.2) is 4.79 Å². The fourth-order valence-corrected chi connectivity index (χ4v) is 5.07. The Morgan fingerprint density at radius 2 is 1.59 bits per heavy atom. The number of hydrogen-bond acceptors (Lipinski definition) is 6. The first-order chi connectivity index (χ1) is 15.6. The summed E-state index contributed by atoms with van der Waals surface area (Å²) in [6, 6.07) is 18.5. The first-order valence-electron chi connectivity index (χ1n) is 11.3. The van der Waals surface area contributed by atoms with Gasteiger partial charge in [-0.05, 0) is 42.7 Å². The lowest BCUT2D eigenvalue weighted by atomic mass is 9.97. The van der Waals surface area contributed by atoms with Crippen molar-refractivity contribution < 1.29 is 9.53 Å².